The van der Waals surface area contributed by atoms with Gasteiger partial charge in [0.25, 0.3) is 5.69 Å². The molecule has 4 aromatic rings. The lowest BCUT2D eigenvalue weighted by atomic mass is 10.0. The van der Waals surface area contributed by atoms with Gasteiger partial charge in [0.05, 0.1) is 5.56 Å². The van der Waals surface area contributed by atoms with Gasteiger partial charge in [0.15, 0.2) is 18.2 Å². The molecule has 0 saturated carbocycles. The number of benzene rings is 1. The van der Waals surface area contributed by atoms with E-state index in [0.29, 0.717) is 0 Å². The van der Waals surface area contributed by atoms with Gasteiger partial charge >= 0.3 is 0 Å². The molecule has 0 aliphatic rings. The van der Waals surface area contributed by atoms with Crippen molar-refractivity contribution in [2.45, 2.75) is 6.92 Å². The van der Waals surface area contributed by atoms with Crippen LogP contribution in [0.4, 0.5) is 0 Å². The minimum Gasteiger partial charge on any atom is -0.381 e. The van der Waals surface area contributed by atoms with E-state index < -0.39 is 0 Å². The second-order valence-corrected chi connectivity index (χ2v) is 4.84. The van der Waals surface area contributed by atoms with E-state index in [2.05, 4.69) is 29.1 Å². The van der Waals surface area contributed by atoms with E-state index in [1.165, 1.54) is 5.56 Å². The molecule has 0 unspecified atom stereocenters. The first-order valence-electron chi connectivity index (χ1n) is 6.43. The fourth-order valence-electron chi connectivity index (χ4n) is 2.59. The molecule has 3 aromatic heterocycles. The molecule has 4 rings (SSSR count). The van der Waals surface area contributed by atoms with E-state index >= 15 is 0 Å². The Hall–Kier alpha value is -2.69. The normalized spacial score (nSPS) is 11.5. The summed E-state index contributed by atoms with van der Waals surface area (Å²) >= 11 is 0. The fraction of sp³-hybridized carbons (Fsp3) is 0.133. The van der Waals surface area contributed by atoms with Crippen molar-refractivity contribution in [1.82, 2.24) is 14.7 Å². The number of nitrogens with zero attached hydrogens (tertiary/aromatic N) is 4. The van der Waals surface area contributed by atoms with Crippen LogP contribution in [0.1, 0.15) is 5.56 Å². The third-order valence-corrected chi connectivity index (χ3v) is 3.58. The summed E-state index contributed by atoms with van der Waals surface area (Å²) in [6.07, 6.45) is 3.41. The first kappa shape index (κ1) is 11.2. The Morgan fingerprint density at radius 1 is 1.20 bits per heavy atom. The molecular weight excluding hydrogens is 252 g/mol. The van der Waals surface area contributed by atoms with Crippen LogP contribution in [-0.2, 0) is 7.05 Å². The highest BCUT2D eigenvalue weighted by Crippen LogP contribution is 2.27. The van der Waals surface area contributed by atoms with Crippen molar-refractivity contribution in [1.29, 1.82) is 0 Å². The lowest BCUT2D eigenvalue weighted by molar-refractivity contribution is -0.719. The molecule has 20 heavy (non-hydrogen) atoms. The minimum atomic E-state index is 0.794. The van der Waals surface area contributed by atoms with Crippen molar-refractivity contribution in [3.05, 3.63) is 48.4 Å². The maximum absolute atomic E-state index is 5.44. The third kappa shape index (κ3) is 1.40. The molecule has 0 aliphatic carbocycles. The molecule has 0 fully saturated rings. The van der Waals surface area contributed by atoms with Gasteiger partial charge in [-0.3, -0.25) is 0 Å². The summed E-state index contributed by atoms with van der Waals surface area (Å²) in [5, 5.41) is 4.42. The molecule has 0 atom stereocenters. The van der Waals surface area contributed by atoms with Crippen LogP contribution in [0, 0.1) is 6.92 Å². The molecular formula is C15H13N4O+. The van der Waals surface area contributed by atoms with Crippen LogP contribution < -0.4 is 4.68 Å². The zero-order valence-electron chi connectivity index (χ0n) is 11.2. The zero-order valence-corrected chi connectivity index (χ0v) is 11.2. The highest BCUT2D eigenvalue weighted by Gasteiger charge is 2.22. The van der Waals surface area contributed by atoms with E-state index in [-0.39, 0.29) is 0 Å². The summed E-state index contributed by atoms with van der Waals surface area (Å²) < 4.78 is 8.99. The lowest BCUT2D eigenvalue weighted by Crippen LogP contribution is -2.35. The largest absolute Gasteiger partial charge is 0.381 e. The maximum Gasteiger partial charge on any atom is 0.267 e. The first-order valence-corrected chi connectivity index (χ1v) is 6.43. The van der Waals surface area contributed by atoms with Gasteiger partial charge in [0, 0.05) is 6.07 Å². The van der Waals surface area contributed by atoms with Crippen molar-refractivity contribution in [2.75, 3.05) is 0 Å². The molecule has 5 nitrogen and oxygen atoms in total. The summed E-state index contributed by atoms with van der Waals surface area (Å²) in [5.41, 5.74) is 5.90. The van der Waals surface area contributed by atoms with E-state index in [1.54, 1.807) is 17.0 Å². The SMILES string of the molecule is Cc1ccccc1-c1c2nc3ccon3c2cn[n+]1C. The molecule has 1 aromatic carbocycles. The Kier molecular flexibility index (Phi) is 2.18. The maximum atomic E-state index is 5.44. The summed E-state index contributed by atoms with van der Waals surface area (Å²) in [4.78, 5) is 4.66. The van der Waals surface area contributed by atoms with E-state index in [9.17, 15) is 0 Å². The highest BCUT2D eigenvalue weighted by molar-refractivity contribution is 5.90. The van der Waals surface area contributed by atoms with Gasteiger partial charge in [0.1, 0.15) is 18.0 Å². The van der Waals surface area contributed by atoms with Crippen LogP contribution in [0.5, 0.6) is 0 Å². The smallest absolute Gasteiger partial charge is 0.267 e. The summed E-state index contributed by atoms with van der Waals surface area (Å²) in [5.74, 6) is 0. The Labute approximate surface area is 115 Å². The van der Waals surface area contributed by atoms with Crippen LogP contribution >= 0.6 is 0 Å². The monoisotopic (exact) mass is 265 g/mol. The van der Waals surface area contributed by atoms with E-state index in [0.717, 1.165) is 27.9 Å². The Morgan fingerprint density at radius 3 is 2.90 bits per heavy atom. The molecule has 0 amide bonds. The molecule has 98 valence electrons. The number of fused-ring (bicyclic) bond motifs is 3. The van der Waals surface area contributed by atoms with Crippen molar-refractivity contribution >= 4 is 16.7 Å². The van der Waals surface area contributed by atoms with Crippen LogP contribution in [0.3, 0.4) is 0 Å². The zero-order chi connectivity index (χ0) is 13.7. The summed E-state index contributed by atoms with van der Waals surface area (Å²) in [6.45, 7) is 2.09. The first-order chi connectivity index (χ1) is 9.75. The average Bonchev–Trinajstić information content (AvgIpc) is 3.00. The molecule has 0 spiro atoms. The second-order valence-electron chi connectivity index (χ2n) is 4.84. The second kappa shape index (κ2) is 3.90. The van der Waals surface area contributed by atoms with E-state index in [4.69, 9.17) is 4.52 Å². The number of hydrogen-bond donors (Lipinski definition) is 0. The molecule has 3 heterocycles. The topological polar surface area (TPSA) is 47.2 Å². The highest BCUT2D eigenvalue weighted by atomic mass is 16.5. The Bertz CT molecular complexity index is 936. The van der Waals surface area contributed by atoms with Gasteiger partial charge < -0.3 is 4.52 Å². The van der Waals surface area contributed by atoms with Gasteiger partial charge in [0.2, 0.25) is 0 Å². The number of aromatic nitrogens is 4. The van der Waals surface area contributed by atoms with Crippen LogP contribution in [0.25, 0.3) is 27.9 Å². The lowest BCUT2D eigenvalue weighted by Gasteiger charge is -2.02. The quantitative estimate of drug-likeness (QED) is 0.496. The predicted octanol–water partition coefficient (Wildman–Crippen LogP) is 2.28. The van der Waals surface area contributed by atoms with Gasteiger partial charge in [-0.2, -0.15) is 4.57 Å². The van der Waals surface area contributed by atoms with Crippen molar-refractivity contribution < 1.29 is 9.20 Å². The molecule has 0 aliphatic heterocycles. The van der Waals surface area contributed by atoms with Crippen molar-refractivity contribution in [3.8, 4) is 11.3 Å². The minimum absolute atomic E-state index is 0.794. The van der Waals surface area contributed by atoms with Crippen molar-refractivity contribution in [3.63, 3.8) is 0 Å². The van der Waals surface area contributed by atoms with Crippen molar-refractivity contribution in [2.24, 2.45) is 7.05 Å². The molecule has 5 heteroatoms. The third-order valence-electron chi connectivity index (χ3n) is 3.58. The molecule has 0 bridgehead atoms. The van der Waals surface area contributed by atoms with Crippen LogP contribution in [0.2, 0.25) is 0 Å². The fourth-order valence-corrected chi connectivity index (χ4v) is 2.59. The molecule has 0 radical (unpaired) electrons. The average molecular weight is 265 g/mol. The van der Waals surface area contributed by atoms with E-state index in [1.807, 2.05) is 29.9 Å². The molecule has 0 saturated heterocycles. The Morgan fingerprint density at radius 2 is 2.05 bits per heavy atom. The predicted molar refractivity (Wildman–Crippen MR) is 74.1 cm³/mol. The number of imidazole rings is 1. The summed E-state index contributed by atoms with van der Waals surface area (Å²) in [7, 11) is 1.93. The number of rotatable bonds is 1. The van der Waals surface area contributed by atoms with Gasteiger partial charge in [-0.25, -0.2) is 4.98 Å². The van der Waals surface area contributed by atoms with Gasteiger partial charge in [-0.05, 0) is 23.7 Å². The van der Waals surface area contributed by atoms with Gasteiger partial charge in [-0.15, -0.1) is 0 Å². The summed E-state index contributed by atoms with van der Waals surface area (Å²) in [6, 6.07) is 10.1. The van der Waals surface area contributed by atoms with Crippen LogP contribution in [-0.4, -0.2) is 14.7 Å². The Balaban J connectivity index is 2.17. The number of hydrogen-bond acceptors (Lipinski definition) is 3. The molecule has 0 N–H and O–H groups in total. The number of aryl methyl sites for hydroxylation is 2. The van der Waals surface area contributed by atoms with Crippen LogP contribution in [0.15, 0.2) is 47.3 Å². The standard InChI is InChI=1S/C15H13N4O/c1-10-5-3-4-6-11(10)15-14-12(9-16-18(15)2)19-13(17-14)7-8-20-19/h3-9H,1-2H3/q+1. The van der Waals surface area contributed by atoms with Gasteiger partial charge in [-0.1, -0.05) is 22.9 Å².